The van der Waals surface area contributed by atoms with Gasteiger partial charge in [0, 0.05) is 32.6 Å². The van der Waals surface area contributed by atoms with Crippen LogP contribution in [0, 0.1) is 0 Å². The van der Waals surface area contributed by atoms with Gasteiger partial charge in [0.15, 0.2) is 0 Å². The topological polar surface area (TPSA) is 67.8 Å². The second-order valence-corrected chi connectivity index (χ2v) is 7.78. The number of benzene rings is 1. The maximum atomic E-state index is 12.8. The number of hydrogen-bond acceptors (Lipinski definition) is 7. The first-order chi connectivity index (χ1) is 14.2. The number of piperazine rings is 1. The van der Waals surface area contributed by atoms with Gasteiger partial charge in [-0.3, -0.25) is 4.79 Å². The number of ether oxygens (including phenoxy) is 2. The minimum Gasteiger partial charge on any atom is -0.497 e. The maximum Gasteiger partial charge on any atom is 0.223 e. The van der Waals surface area contributed by atoms with Gasteiger partial charge in [-0.2, -0.15) is 0 Å². The SMILES string of the molecule is COc1ccc(OC)c(CCC(=O)N2CCN(c3ncnc4sccc34)CC2)c1. The van der Waals surface area contributed by atoms with Crippen LogP contribution >= 0.6 is 11.3 Å². The molecule has 2 aromatic heterocycles. The van der Waals surface area contributed by atoms with Crippen molar-refractivity contribution >= 4 is 33.3 Å². The van der Waals surface area contributed by atoms with Crippen molar-refractivity contribution in [1.82, 2.24) is 14.9 Å². The quantitative estimate of drug-likeness (QED) is 0.620. The van der Waals surface area contributed by atoms with E-state index in [4.69, 9.17) is 9.47 Å². The largest absolute Gasteiger partial charge is 0.497 e. The molecule has 0 spiro atoms. The third-order valence-corrected chi connectivity index (χ3v) is 6.09. The molecule has 0 saturated carbocycles. The third-order valence-electron chi connectivity index (χ3n) is 5.27. The monoisotopic (exact) mass is 412 g/mol. The van der Waals surface area contributed by atoms with Gasteiger partial charge in [0.25, 0.3) is 0 Å². The molecule has 152 valence electrons. The van der Waals surface area contributed by atoms with E-state index in [1.54, 1.807) is 31.9 Å². The highest BCUT2D eigenvalue weighted by atomic mass is 32.1. The first-order valence-corrected chi connectivity index (χ1v) is 10.5. The molecule has 1 aliphatic rings. The second kappa shape index (κ2) is 8.65. The highest BCUT2D eigenvalue weighted by Crippen LogP contribution is 2.28. The predicted molar refractivity (Wildman–Crippen MR) is 114 cm³/mol. The van der Waals surface area contributed by atoms with Crippen LogP contribution in [0.2, 0.25) is 0 Å². The number of carbonyl (C=O) groups excluding carboxylic acids is 1. The van der Waals surface area contributed by atoms with Crippen LogP contribution in [0.15, 0.2) is 36.0 Å². The Morgan fingerprint density at radius 3 is 2.69 bits per heavy atom. The molecule has 7 nitrogen and oxygen atoms in total. The zero-order chi connectivity index (χ0) is 20.2. The number of fused-ring (bicyclic) bond motifs is 1. The molecular formula is C21H24N4O3S. The van der Waals surface area contributed by atoms with Crippen LogP contribution in [0.3, 0.4) is 0 Å². The van der Waals surface area contributed by atoms with Gasteiger partial charge in [-0.15, -0.1) is 11.3 Å². The number of methoxy groups -OCH3 is 2. The highest BCUT2D eigenvalue weighted by Gasteiger charge is 2.23. The Labute approximate surface area is 173 Å². The summed E-state index contributed by atoms with van der Waals surface area (Å²) in [6.07, 6.45) is 2.69. The third kappa shape index (κ3) is 4.12. The summed E-state index contributed by atoms with van der Waals surface area (Å²) in [5, 5.41) is 3.12. The van der Waals surface area contributed by atoms with Crippen molar-refractivity contribution < 1.29 is 14.3 Å². The molecule has 0 atom stereocenters. The Morgan fingerprint density at radius 2 is 1.93 bits per heavy atom. The fraction of sp³-hybridized carbons (Fsp3) is 0.381. The molecule has 4 rings (SSSR count). The zero-order valence-corrected chi connectivity index (χ0v) is 17.4. The van der Waals surface area contributed by atoms with E-state index in [1.165, 1.54) is 0 Å². The first kappa shape index (κ1) is 19.4. The molecule has 0 unspecified atom stereocenters. The summed E-state index contributed by atoms with van der Waals surface area (Å²) in [7, 11) is 3.28. The second-order valence-electron chi connectivity index (χ2n) is 6.88. The molecule has 1 saturated heterocycles. The van der Waals surface area contributed by atoms with Crippen LogP contribution in [0.25, 0.3) is 10.2 Å². The Balaban J connectivity index is 1.35. The number of carbonyl (C=O) groups is 1. The van der Waals surface area contributed by atoms with Gasteiger partial charge in [0.2, 0.25) is 5.91 Å². The zero-order valence-electron chi connectivity index (χ0n) is 16.6. The van der Waals surface area contributed by atoms with Crippen LogP contribution in [0.4, 0.5) is 5.82 Å². The van der Waals surface area contributed by atoms with E-state index in [1.807, 2.05) is 28.5 Å². The van der Waals surface area contributed by atoms with Crippen molar-refractivity contribution in [2.75, 3.05) is 45.3 Å². The Kier molecular flexibility index (Phi) is 5.80. The molecule has 1 fully saturated rings. The molecule has 3 heterocycles. The van der Waals surface area contributed by atoms with Gasteiger partial charge >= 0.3 is 0 Å². The summed E-state index contributed by atoms with van der Waals surface area (Å²) >= 11 is 1.62. The number of amides is 1. The summed E-state index contributed by atoms with van der Waals surface area (Å²) in [6.45, 7) is 2.94. The van der Waals surface area contributed by atoms with Crippen molar-refractivity contribution in [2.24, 2.45) is 0 Å². The predicted octanol–water partition coefficient (Wildman–Crippen LogP) is 2.99. The molecular weight excluding hydrogens is 388 g/mol. The lowest BCUT2D eigenvalue weighted by molar-refractivity contribution is -0.131. The lowest BCUT2D eigenvalue weighted by Crippen LogP contribution is -2.49. The van der Waals surface area contributed by atoms with E-state index in [0.717, 1.165) is 46.2 Å². The summed E-state index contributed by atoms with van der Waals surface area (Å²) in [5.41, 5.74) is 0.986. The lowest BCUT2D eigenvalue weighted by atomic mass is 10.1. The molecule has 8 heteroatoms. The molecule has 29 heavy (non-hydrogen) atoms. The number of nitrogens with zero attached hydrogens (tertiary/aromatic N) is 4. The standard InChI is InChI=1S/C21H24N4O3S/c1-27-16-4-5-18(28-2)15(13-16)3-6-19(26)24-8-10-25(11-9-24)20-17-7-12-29-21(17)23-14-22-20/h4-5,7,12-14H,3,6,8-11H2,1-2H3. The van der Waals surface area contributed by atoms with Crippen molar-refractivity contribution in [3.63, 3.8) is 0 Å². The minimum absolute atomic E-state index is 0.165. The Hall–Kier alpha value is -2.87. The van der Waals surface area contributed by atoms with E-state index in [2.05, 4.69) is 20.9 Å². The van der Waals surface area contributed by atoms with Crippen LogP contribution in [-0.2, 0) is 11.2 Å². The Bertz CT molecular complexity index is 999. The van der Waals surface area contributed by atoms with Gasteiger partial charge < -0.3 is 19.3 Å². The average Bonchev–Trinajstić information content (AvgIpc) is 3.26. The van der Waals surface area contributed by atoms with Crippen LogP contribution in [-0.4, -0.2) is 61.2 Å². The van der Waals surface area contributed by atoms with E-state index in [-0.39, 0.29) is 5.91 Å². The van der Waals surface area contributed by atoms with Gasteiger partial charge in [-0.1, -0.05) is 0 Å². The summed E-state index contributed by atoms with van der Waals surface area (Å²) in [6, 6.07) is 7.74. The molecule has 3 aromatic rings. The van der Waals surface area contributed by atoms with E-state index < -0.39 is 0 Å². The molecule has 1 aliphatic heterocycles. The van der Waals surface area contributed by atoms with Gasteiger partial charge in [0.1, 0.15) is 28.5 Å². The number of hydrogen-bond donors (Lipinski definition) is 0. The molecule has 0 radical (unpaired) electrons. The highest BCUT2D eigenvalue weighted by molar-refractivity contribution is 7.16. The van der Waals surface area contributed by atoms with Gasteiger partial charge in [0.05, 0.1) is 19.6 Å². The normalized spacial score (nSPS) is 14.3. The van der Waals surface area contributed by atoms with E-state index >= 15 is 0 Å². The molecule has 1 aromatic carbocycles. The molecule has 0 bridgehead atoms. The lowest BCUT2D eigenvalue weighted by Gasteiger charge is -2.35. The molecule has 0 N–H and O–H groups in total. The van der Waals surface area contributed by atoms with Crippen molar-refractivity contribution in [2.45, 2.75) is 12.8 Å². The van der Waals surface area contributed by atoms with Crippen molar-refractivity contribution in [3.05, 3.63) is 41.5 Å². The fourth-order valence-corrected chi connectivity index (χ4v) is 4.40. The van der Waals surface area contributed by atoms with E-state index in [9.17, 15) is 4.79 Å². The first-order valence-electron chi connectivity index (χ1n) is 9.61. The van der Waals surface area contributed by atoms with Crippen molar-refractivity contribution in [3.8, 4) is 11.5 Å². The van der Waals surface area contributed by atoms with Crippen LogP contribution < -0.4 is 14.4 Å². The van der Waals surface area contributed by atoms with Crippen molar-refractivity contribution in [1.29, 1.82) is 0 Å². The van der Waals surface area contributed by atoms with Gasteiger partial charge in [-0.25, -0.2) is 9.97 Å². The average molecular weight is 413 g/mol. The molecule has 1 amide bonds. The maximum absolute atomic E-state index is 12.8. The fourth-order valence-electron chi connectivity index (χ4n) is 3.67. The van der Waals surface area contributed by atoms with Gasteiger partial charge in [-0.05, 0) is 41.6 Å². The van der Waals surface area contributed by atoms with Crippen LogP contribution in [0.5, 0.6) is 11.5 Å². The number of aryl methyl sites for hydroxylation is 1. The number of anilines is 1. The van der Waals surface area contributed by atoms with E-state index in [0.29, 0.717) is 25.9 Å². The Morgan fingerprint density at radius 1 is 1.10 bits per heavy atom. The molecule has 0 aliphatic carbocycles. The number of rotatable bonds is 6. The summed E-state index contributed by atoms with van der Waals surface area (Å²) in [5.74, 6) is 2.68. The van der Waals surface area contributed by atoms with Crippen LogP contribution in [0.1, 0.15) is 12.0 Å². The summed E-state index contributed by atoms with van der Waals surface area (Å²) < 4.78 is 10.7. The number of thiophene rings is 1. The summed E-state index contributed by atoms with van der Waals surface area (Å²) in [4.78, 5) is 26.7. The smallest absolute Gasteiger partial charge is 0.223 e. The number of aromatic nitrogens is 2. The minimum atomic E-state index is 0.165.